The quantitative estimate of drug-likeness (QED) is 0.700. The van der Waals surface area contributed by atoms with Crippen molar-refractivity contribution in [2.24, 2.45) is 0 Å². The Bertz CT molecular complexity index is 385. The minimum Gasteiger partial charge on any atom is -0.497 e. The standard InChI is InChI=1S/C11H13NO3/c1-12(2)11(14)10-6-9(15-3)5-4-8(10)7-13/h4-7H,1-3H3. The number of aldehydes is 1. The Morgan fingerprint density at radius 3 is 2.53 bits per heavy atom. The van der Waals surface area contributed by atoms with Crippen LogP contribution >= 0.6 is 0 Å². The van der Waals surface area contributed by atoms with Crippen molar-refractivity contribution in [3.05, 3.63) is 29.3 Å². The molecule has 1 aromatic rings. The largest absolute Gasteiger partial charge is 0.497 e. The zero-order valence-corrected chi connectivity index (χ0v) is 8.98. The summed E-state index contributed by atoms with van der Waals surface area (Å²) in [6, 6.07) is 4.78. The Labute approximate surface area is 88.5 Å². The van der Waals surface area contributed by atoms with Crippen LogP contribution in [0.15, 0.2) is 18.2 Å². The van der Waals surface area contributed by atoms with Crippen LogP contribution in [0.5, 0.6) is 5.75 Å². The highest BCUT2D eigenvalue weighted by Gasteiger charge is 2.13. The molecule has 0 saturated heterocycles. The number of carbonyl (C=O) groups excluding carboxylic acids is 2. The van der Waals surface area contributed by atoms with Crippen molar-refractivity contribution in [2.45, 2.75) is 0 Å². The average molecular weight is 207 g/mol. The maximum atomic E-state index is 11.7. The minimum absolute atomic E-state index is 0.212. The van der Waals surface area contributed by atoms with Gasteiger partial charge in [0.25, 0.3) is 5.91 Å². The van der Waals surface area contributed by atoms with E-state index < -0.39 is 0 Å². The molecular weight excluding hydrogens is 194 g/mol. The lowest BCUT2D eigenvalue weighted by Crippen LogP contribution is -2.23. The van der Waals surface area contributed by atoms with Gasteiger partial charge in [-0.15, -0.1) is 0 Å². The summed E-state index contributed by atoms with van der Waals surface area (Å²) in [7, 11) is 4.78. The lowest BCUT2D eigenvalue weighted by molar-refractivity contribution is 0.0824. The number of benzene rings is 1. The molecular formula is C11H13NO3. The van der Waals surface area contributed by atoms with E-state index in [0.717, 1.165) is 0 Å². The molecule has 0 heterocycles. The van der Waals surface area contributed by atoms with E-state index >= 15 is 0 Å². The maximum Gasteiger partial charge on any atom is 0.254 e. The van der Waals surface area contributed by atoms with E-state index in [1.165, 1.54) is 12.0 Å². The van der Waals surface area contributed by atoms with Crippen molar-refractivity contribution in [2.75, 3.05) is 21.2 Å². The molecule has 15 heavy (non-hydrogen) atoms. The summed E-state index contributed by atoms with van der Waals surface area (Å²) < 4.78 is 5.00. The van der Waals surface area contributed by atoms with Gasteiger partial charge >= 0.3 is 0 Å². The smallest absolute Gasteiger partial charge is 0.254 e. The van der Waals surface area contributed by atoms with Gasteiger partial charge in [0.15, 0.2) is 6.29 Å². The third kappa shape index (κ3) is 2.34. The van der Waals surface area contributed by atoms with Crippen molar-refractivity contribution in [3.8, 4) is 5.75 Å². The first-order valence-corrected chi connectivity index (χ1v) is 4.45. The van der Waals surface area contributed by atoms with E-state index in [1.807, 2.05) is 0 Å². The fraction of sp³-hybridized carbons (Fsp3) is 0.273. The third-order valence-corrected chi connectivity index (χ3v) is 2.02. The molecule has 0 unspecified atom stereocenters. The van der Waals surface area contributed by atoms with Crippen LogP contribution in [0, 0.1) is 0 Å². The van der Waals surface area contributed by atoms with E-state index in [0.29, 0.717) is 23.2 Å². The van der Waals surface area contributed by atoms with Crippen LogP contribution in [0.2, 0.25) is 0 Å². The molecule has 0 radical (unpaired) electrons. The molecule has 80 valence electrons. The first-order valence-electron chi connectivity index (χ1n) is 4.45. The van der Waals surface area contributed by atoms with Gasteiger partial charge in [-0.2, -0.15) is 0 Å². The summed E-state index contributed by atoms with van der Waals surface area (Å²) in [6.07, 6.45) is 0.663. The lowest BCUT2D eigenvalue weighted by Gasteiger charge is -2.12. The molecule has 0 saturated carbocycles. The van der Waals surface area contributed by atoms with E-state index in [4.69, 9.17) is 4.74 Å². The summed E-state index contributed by atoms with van der Waals surface area (Å²) in [5.74, 6) is 0.349. The predicted molar refractivity (Wildman–Crippen MR) is 56.4 cm³/mol. The van der Waals surface area contributed by atoms with Crippen LogP contribution in [0.25, 0.3) is 0 Å². The molecule has 0 aromatic heterocycles. The van der Waals surface area contributed by atoms with Gasteiger partial charge in [-0.3, -0.25) is 9.59 Å². The highest BCUT2D eigenvalue weighted by molar-refractivity contribution is 6.01. The monoisotopic (exact) mass is 207 g/mol. The molecule has 1 rings (SSSR count). The summed E-state index contributed by atoms with van der Waals surface area (Å²) in [6.45, 7) is 0. The number of amides is 1. The predicted octanol–water partition coefficient (Wildman–Crippen LogP) is 1.21. The Morgan fingerprint density at radius 2 is 2.07 bits per heavy atom. The number of carbonyl (C=O) groups is 2. The molecule has 0 spiro atoms. The van der Waals surface area contributed by atoms with Gasteiger partial charge in [-0.05, 0) is 18.2 Å². The van der Waals surface area contributed by atoms with Crippen molar-refractivity contribution < 1.29 is 14.3 Å². The molecule has 1 amide bonds. The van der Waals surface area contributed by atoms with Crippen molar-refractivity contribution in [1.82, 2.24) is 4.90 Å². The van der Waals surface area contributed by atoms with Crippen LogP contribution < -0.4 is 4.74 Å². The number of hydrogen-bond acceptors (Lipinski definition) is 3. The summed E-state index contributed by atoms with van der Waals surface area (Å²) >= 11 is 0. The molecule has 0 bridgehead atoms. The van der Waals surface area contributed by atoms with E-state index in [-0.39, 0.29) is 5.91 Å². The number of nitrogens with zero attached hydrogens (tertiary/aromatic N) is 1. The van der Waals surface area contributed by atoms with Gasteiger partial charge in [-0.1, -0.05) is 0 Å². The molecule has 4 heteroatoms. The van der Waals surface area contributed by atoms with Crippen LogP contribution in [0.4, 0.5) is 0 Å². The zero-order chi connectivity index (χ0) is 11.4. The SMILES string of the molecule is COc1ccc(C=O)c(C(=O)N(C)C)c1. The molecule has 0 fully saturated rings. The highest BCUT2D eigenvalue weighted by Crippen LogP contribution is 2.17. The van der Waals surface area contributed by atoms with Gasteiger partial charge in [0, 0.05) is 19.7 Å². The first-order chi connectivity index (χ1) is 7.10. The van der Waals surface area contributed by atoms with E-state index in [2.05, 4.69) is 0 Å². The topological polar surface area (TPSA) is 46.6 Å². The van der Waals surface area contributed by atoms with E-state index in [1.54, 1.807) is 32.3 Å². The van der Waals surface area contributed by atoms with Gasteiger partial charge in [0.2, 0.25) is 0 Å². The molecule has 0 aliphatic heterocycles. The fourth-order valence-corrected chi connectivity index (χ4v) is 1.19. The minimum atomic E-state index is -0.212. The van der Waals surface area contributed by atoms with Crippen molar-refractivity contribution >= 4 is 12.2 Å². The van der Waals surface area contributed by atoms with Crippen molar-refractivity contribution in [1.29, 1.82) is 0 Å². The second-order valence-electron chi connectivity index (χ2n) is 3.27. The van der Waals surface area contributed by atoms with Crippen LogP contribution in [0.1, 0.15) is 20.7 Å². The van der Waals surface area contributed by atoms with E-state index in [9.17, 15) is 9.59 Å². The first kappa shape index (κ1) is 11.2. The summed E-state index contributed by atoms with van der Waals surface area (Å²) in [5, 5.41) is 0. The number of ether oxygens (including phenoxy) is 1. The van der Waals surface area contributed by atoms with Crippen molar-refractivity contribution in [3.63, 3.8) is 0 Å². The molecule has 0 aliphatic rings. The number of methoxy groups -OCH3 is 1. The highest BCUT2D eigenvalue weighted by atomic mass is 16.5. The van der Waals surface area contributed by atoms with Gasteiger partial charge < -0.3 is 9.64 Å². The van der Waals surface area contributed by atoms with Crippen LogP contribution in [-0.2, 0) is 0 Å². The average Bonchev–Trinajstić information content (AvgIpc) is 2.27. The Balaban J connectivity index is 3.23. The van der Waals surface area contributed by atoms with Crippen LogP contribution in [-0.4, -0.2) is 38.3 Å². The van der Waals surface area contributed by atoms with Crippen LogP contribution in [0.3, 0.4) is 0 Å². The van der Waals surface area contributed by atoms with Gasteiger partial charge in [0.05, 0.1) is 12.7 Å². The molecule has 0 atom stereocenters. The van der Waals surface area contributed by atoms with Gasteiger partial charge in [0.1, 0.15) is 5.75 Å². The number of hydrogen-bond donors (Lipinski definition) is 0. The normalized spacial score (nSPS) is 9.53. The number of rotatable bonds is 3. The molecule has 0 N–H and O–H groups in total. The zero-order valence-electron chi connectivity index (χ0n) is 8.98. The molecule has 4 nitrogen and oxygen atoms in total. The molecule has 1 aromatic carbocycles. The Kier molecular flexibility index (Phi) is 3.44. The summed E-state index contributed by atoms with van der Waals surface area (Å²) in [5.41, 5.74) is 0.726. The second-order valence-corrected chi connectivity index (χ2v) is 3.27. The van der Waals surface area contributed by atoms with Gasteiger partial charge in [-0.25, -0.2) is 0 Å². The third-order valence-electron chi connectivity index (χ3n) is 2.02. The maximum absolute atomic E-state index is 11.7. The second kappa shape index (κ2) is 4.59. The lowest BCUT2D eigenvalue weighted by atomic mass is 10.1. The Morgan fingerprint density at radius 1 is 1.40 bits per heavy atom. The molecule has 0 aliphatic carbocycles. The fourth-order valence-electron chi connectivity index (χ4n) is 1.19. The summed E-state index contributed by atoms with van der Waals surface area (Å²) in [4.78, 5) is 23.9. The Hall–Kier alpha value is -1.84.